The highest BCUT2D eigenvalue weighted by Gasteiger charge is 2.44. The lowest BCUT2D eigenvalue weighted by Crippen LogP contribution is -2.48. The third-order valence-electron chi connectivity index (χ3n) is 4.93. The minimum atomic E-state index is -0.0902. The van der Waals surface area contributed by atoms with E-state index in [-0.39, 0.29) is 17.5 Å². The maximum absolute atomic E-state index is 14.1. The average Bonchev–Trinajstić information content (AvgIpc) is 2.44. The number of benzene rings is 1. The van der Waals surface area contributed by atoms with Gasteiger partial charge in [-0.3, -0.25) is 0 Å². The molecular weight excluding hydrogens is 253 g/mol. The van der Waals surface area contributed by atoms with Crippen LogP contribution in [0.5, 0.6) is 0 Å². The van der Waals surface area contributed by atoms with Crippen molar-refractivity contribution in [1.82, 2.24) is 5.32 Å². The van der Waals surface area contributed by atoms with Crippen molar-refractivity contribution in [2.45, 2.75) is 50.7 Å². The van der Waals surface area contributed by atoms with Crippen LogP contribution in [0.4, 0.5) is 4.39 Å². The van der Waals surface area contributed by atoms with E-state index in [4.69, 9.17) is 4.74 Å². The Bertz CT molecular complexity index is 458. The molecule has 1 saturated carbocycles. The number of hydrogen-bond donors (Lipinski definition) is 1. The molecule has 2 nitrogen and oxygen atoms in total. The monoisotopic (exact) mass is 277 g/mol. The Morgan fingerprint density at radius 2 is 2.20 bits per heavy atom. The van der Waals surface area contributed by atoms with Crippen molar-refractivity contribution in [3.63, 3.8) is 0 Å². The summed E-state index contributed by atoms with van der Waals surface area (Å²) < 4.78 is 20.1. The van der Waals surface area contributed by atoms with Crippen LogP contribution in [-0.2, 0) is 4.74 Å². The van der Waals surface area contributed by atoms with Crippen molar-refractivity contribution in [3.8, 4) is 0 Å². The second-order valence-corrected chi connectivity index (χ2v) is 6.19. The highest BCUT2D eigenvalue weighted by molar-refractivity contribution is 5.22. The Labute approximate surface area is 120 Å². The maximum atomic E-state index is 14.1. The van der Waals surface area contributed by atoms with Crippen LogP contribution in [-0.4, -0.2) is 18.8 Å². The second kappa shape index (κ2) is 5.82. The molecule has 2 atom stereocenters. The molecule has 1 aromatic rings. The summed E-state index contributed by atoms with van der Waals surface area (Å²) >= 11 is 0. The van der Waals surface area contributed by atoms with Gasteiger partial charge in [0.1, 0.15) is 5.82 Å². The molecule has 0 amide bonds. The minimum Gasteiger partial charge on any atom is -0.375 e. The minimum absolute atomic E-state index is 0.0902. The molecule has 20 heavy (non-hydrogen) atoms. The van der Waals surface area contributed by atoms with E-state index >= 15 is 0 Å². The van der Waals surface area contributed by atoms with Gasteiger partial charge in [0.25, 0.3) is 0 Å². The molecule has 0 radical (unpaired) electrons. The van der Waals surface area contributed by atoms with Gasteiger partial charge in [-0.1, -0.05) is 25.1 Å². The molecule has 0 aromatic heterocycles. The predicted octanol–water partition coefficient (Wildman–Crippen LogP) is 3.83. The first kappa shape index (κ1) is 14.0. The molecule has 1 heterocycles. The first-order chi connectivity index (χ1) is 9.74. The summed E-state index contributed by atoms with van der Waals surface area (Å²) in [5.74, 6) is 0.383. The quantitative estimate of drug-likeness (QED) is 0.903. The zero-order valence-corrected chi connectivity index (χ0v) is 12.2. The summed E-state index contributed by atoms with van der Waals surface area (Å²) in [5, 5.41) is 3.50. The zero-order valence-electron chi connectivity index (χ0n) is 12.2. The van der Waals surface area contributed by atoms with E-state index < -0.39 is 0 Å². The number of hydrogen-bond acceptors (Lipinski definition) is 2. The van der Waals surface area contributed by atoms with Crippen LogP contribution in [0, 0.1) is 11.7 Å². The molecule has 0 bridgehead atoms. The SMILES string of the molecule is CCNC(c1ccccc1F)C1CCOC2(CCC2)C1. The van der Waals surface area contributed by atoms with Gasteiger partial charge >= 0.3 is 0 Å². The lowest BCUT2D eigenvalue weighted by molar-refractivity contribution is -0.147. The Morgan fingerprint density at radius 3 is 2.85 bits per heavy atom. The number of rotatable bonds is 4. The number of halogens is 1. The van der Waals surface area contributed by atoms with Crippen molar-refractivity contribution in [3.05, 3.63) is 35.6 Å². The Kier molecular flexibility index (Phi) is 4.08. The summed E-state index contributed by atoms with van der Waals surface area (Å²) in [6, 6.07) is 7.30. The standard InChI is InChI=1S/C17H24FNO/c1-2-19-16(14-6-3-4-7-15(14)18)13-8-11-20-17(12-13)9-5-10-17/h3-4,6-7,13,16,19H,2,5,8-12H2,1H3. The van der Waals surface area contributed by atoms with Gasteiger partial charge in [-0.05, 0) is 50.6 Å². The van der Waals surface area contributed by atoms with Crippen LogP contribution >= 0.6 is 0 Å². The third-order valence-corrected chi connectivity index (χ3v) is 4.93. The summed E-state index contributed by atoms with van der Waals surface area (Å²) in [4.78, 5) is 0. The normalized spacial score (nSPS) is 26.2. The molecule has 2 aliphatic rings. The van der Waals surface area contributed by atoms with Gasteiger partial charge in [-0.15, -0.1) is 0 Å². The molecule has 1 saturated heterocycles. The highest BCUT2D eigenvalue weighted by atomic mass is 19.1. The van der Waals surface area contributed by atoms with Crippen molar-refractivity contribution in [2.75, 3.05) is 13.2 Å². The summed E-state index contributed by atoms with van der Waals surface area (Å²) in [5.41, 5.74) is 0.928. The molecule has 1 aliphatic carbocycles. The molecule has 1 aromatic carbocycles. The van der Waals surface area contributed by atoms with Gasteiger partial charge in [0.2, 0.25) is 0 Å². The van der Waals surface area contributed by atoms with Gasteiger partial charge in [0.15, 0.2) is 0 Å². The first-order valence-corrected chi connectivity index (χ1v) is 7.86. The number of ether oxygens (including phenoxy) is 1. The molecule has 2 unspecified atom stereocenters. The van der Waals surface area contributed by atoms with Crippen LogP contribution in [0.2, 0.25) is 0 Å². The maximum Gasteiger partial charge on any atom is 0.127 e. The van der Waals surface area contributed by atoms with Crippen LogP contribution < -0.4 is 5.32 Å². The number of nitrogens with one attached hydrogen (secondary N) is 1. The van der Waals surface area contributed by atoms with Crippen molar-refractivity contribution in [2.24, 2.45) is 5.92 Å². The largest absolute Gasteiger partial charge is 0.375 e. The third kappa shape index (κ3) is 2.61. The first-order valence-electron chi connectivity index (χ1n) is 7.86. The smallest absolute Gasteiger partial charge is 0.127 e. The van der Waals surface area contributed by atoms with E-state index in [1.165, 1.54) is 19.3 Å². The van der Waals surface area contributed by atoms with Crippen LogP contribution in [0.25, 0.3) is 0 Å². The van der Waals surface area contributed by atoms with Crippen LogP contribution in [0.15, 0.2) is 24.3 Å². The Morgan fingerprint density at radius 1 is 1.40 bits per heavy atom. The summed E-state index contributed by atoms with van der Waals surface area (Å²) in [6.45, 7) is 3.77. The van der Waals surface area contributed by atoms with Gasteiger partial charge in [-0.25, -0.2) is 4.39 Å². The predicted molar refractivity (Wildman–Crippen MR) is 78.1 cm³/mol. The average molecular weight is 277 g/mol. The van der Waals surface area contributed by atoms with Crippen molar-refractivity contribution >= 4 is 0 Å². The lowest BCUT2D eigenvalue weighted by atomic mass is 9.69. The van der Waals surface area contributed by atoms with E-state index in [0.717, 1.165) is 31.6 Å². The molecule has 1 aliphatic heterocycles. The Hall–Kier alpha value is -0.930. The molecule has 3 heteroatoms. The molecule has 110 valence electrons. The molecule has 1 N–H and O–H groups in total. The summed E-state index contributed by atoms with van der Waals surface area (Å²) in [7, 11) is 0. The molecular formula is C17H24FNO. The van der Waals surface area contributed by atoms with Gasteiger partial charge in [-0.2, -0.15) is 0 Å². The van der Waals surface area contributed by atoms with E-state index in [1.54, 1.807) is 12.1 Å². The Balaban J connectivity index is 1.81. The van der Waals surface area contributed by atoms with Crippen molar-refractivity contribution in [1.29, 1.82) is 0 Å². The lowest BCUT2D eigenvalue weighted by Gasteiger charge is -2.49. The van der Waals surface area contributed by atoms with E-state index in [0.29, 0.717) is 5.92 Å². The fourth-order valence-electron chi connectivity index (χ4n) is 3.75. The van der Waals surface area contributed by atoms with Crippen molar-refractivity contribution < 1.29 is 9.13 Å². The van der Waals surface area contributed by atoms with E-state index in [2.05, 4.69) is 12.2 Å². The van der Waals surface area contributed by atoms with E-state index in [9.17, 15) is 4.39 Å². The molecule has 1 spiro atoms. The fourth-order valence-corrected chi connectivity index (χ4v) is 3.75. The summed E-state index contributed by atoms with van der Waals surface area (Å²) in [6.07, 6.45) is 5.73. The highest BCUT2D eigenvalue weighted by Crippen LogP contribution is 2.47. The fraction of sp³-hybridized carbons (Fsp3) is 0.647. The van der Waals surface area contributed by atoms with E-state index in [1.807, 2.05) is 12.1 Å². The van der Waals surface area contributed by atoms with Crippen LogP contribution in [0.1, 0.15) is 50.6 Å². The van der Waals surface area contributed by atoms with Gasteiger partial charge in [0, 0.05) is 18.2 Å². The van der Waals surface area contributed by atoms with Crippen LogP contribution in [0.3, 0.4) is 0 Å². The van der Waals surface area contributed by atoms with Gasteiger partial charge in [0.05, 0.1) is 5.60 Å². The van der Waals surface area contributed by atoms with Gasteiger partial charge < -0.3 is 10.1 Å². The molecule has 3 rings (SSSR count). The molecule has 2 fully saturated rings. The zero-order chi connectivity index (χ0) is 14.0. The second-order valence-electron chi connectivity index (χ2n) is 6.19. The topological polar surface area (TPSA) is 21.3 Å².